The number of hydrogen-bond acceptors (Lipinski definition) is 4. The lowest BCUT2D eigenvalue weighted by Crippen LogP contribution is -2.03. The first-order chi connectivity index (χ1) is 8.16. The van der Waals surface area contributed by atoms with E-state index in [9.17, 15) is 0 Å². The molecule has 0 radical (unpaired) electrons. The van der Waals surface area contributed by atoms with Gasteiger partial charge in [0.15, 0.2) is 0 Å². The van der Waals surface area contributed by atoms with Gasteiger partial charge in [-0.15, -0.1) is 0 Å². The van der Waals surface area contributed by atoms with E-state index in [0.717, 1.165) is 17.9 Å². The maximum Gasteiger partial charge on any atom is 0.115 e. The molecule has 0 aromatic carbocycles. The Balaban J connectivity index is 2.09. The largest absolute Gasteiger partial charge is 0.378 e. The van der Waals surface area contributed by atoms with Gasteiger partial charge in [0.05, 0.1) is 23.8 Å². The Morgan fingerprint density at radius 2 is 2.00 bits per heavy atom. The molecule has 2 aromatic rings. The Bertz CT molecular complexity index is 475. The molecule has 0 spiro atoms. The van der Waals surface area contributed by atoms with Gasteiger partial charge in [-0.3, -0.25) is 4.68 Å². The number of nitrogens with zero attached hydrogens (tertiary/aromatic N) is 4. The van der Waals surface area contributed by atoms with Crippen molar-refractivity contribution in [3.05, 3.63) is 36.2 Å². The summed E-state index contributed by atoms with van der Waals surface area (Å²) in [7, 11) is 1.95. The molecular formula is C12H17N5. The number of aromatic nitrogens is 4. The average Bonchev–Trinajstić information content (AvgIpc) is 2.69. The summed E-state index contributed by atoms with van der Waals surface area (Å²) in [5, 5.41) is 7.76. The molecule has 0 atom stereocenters. The monoisotopic (exact) mass is 231 g/mol. The van der Waals surface area contributed by atoms with Crippen LogP contribution in [0.5, 0.6) is 0 Å². The van der Waals surface area contributed by atoms with Crippen molar-refractivity contribution in [2.45, 2.75) is 26.3 Å². The molecule has 0 aliphatic carbocycles. The zero-order valence-electron chi connectivity index (χ0n) is 10.4. The topological polar surface area (TPSA) is 55.6 Å². The second kappa shape index (κ2) is 4.95. The Kier molecular flexibility index (Phi) is 3.37. The molecule has 5 heteroatoms. The van der Waals surface area contributed by atoms with Gasteiger partial charge >= 0.3 is 0 Å². The molecule has 0 fully saturated rings. The minimum absolute atomic E-state index is 0.431. The van der Waals surface area contributed by atoms with Crippen LogP contribution < -0.4 is 5.32 Å². The van der Waals surface area contributed by atoms with E-state index in [4.69, 9.17) is 0 Å². The van der Waals surface area contributed by atoms with E-state index >= 15 is 0 Å². The maximum absolute atomic E-state index is 4.47. The fourth-order valence-corrected chi connectivity index (χ4v) is 1.76. The van der Waals surface area contributed by atoms with Crippen molar-refractivity contribution in [2.24, 2.45) is 7.05 Å². The summed E-state index contributed by atoms with van der Waals surface area (Å²) in [6, 6.07) is 0. The van der Waals surface area contributed by atoms with Crippen LogP contribution in [0.4, 0.5) is 5.69 Å². The quantitative estimate of drug-likeness (QED) is 0.873. The van der Waals surface area contributed by atoms with Crippen LogP contribution in [0, 0.1) is 0 Å². The summed E-state index contributed by atoms with van der Waals surface area (Å²) in [6.45, 7) is 5.05. The predicted octanol–water partition coefficient (Wildman–Crippen LogP) is 1.95. The van der Waals surface area contributed by atoms with Gasteiger partial charge in [0.1, 0.15) is 6.33 Å². The van der Waals surface area contributed by atoms with Gasteiger partial charge in [0.2, 0.25) is 0 Å². The lowest BCUT2D eigenvalue weighted by molar-refractivity contribution is 0.712. The highest BCUT2D eigenvalue weighted by Gasteiger charge is 2.10. The molecule has 2 heterocycles. The lowest BCUT2D eigenvalue weighted by atomic mass is 10.1. The highest BCUT2D eigenvalue weighted by Crippen LogP contribution is 2.18. The van der Waals surface area contributed by atoms with Gasteiger partial charge in [0, 0.05) is 25.4 Å². The summed E-state index contributed by atoms with van der Waals surface area (Å²) in [5.74, 6) is 0.431. The summed E-state index contributed by atoms with van der Waals surface area (Å²) in [6.07, 6.45) is 7.10. The number of nitrogens with one attached hydrogen (secondary N) is 1. The van der Waals surface area contributed by atoms with Crippen LogP contribution in [0.1, 0.15) is 31.0 Å². The summed E-state index contributed by atoms with van der Waals surface area (Å²) in [4.78, 5) is 7.93. The molecule has 0 bridgehead atoms. The van der Waals surface area contributed by atoms with E-state index in [0.29, 0.717) is 5.92 Å². The minimum Gasteiger partial charge on any atom is -0.378 e. The lowest BCUT2D eigenvalue weighted by Gasteiger charge is -2.07. The van der Waals surface area contributed by atoms with Gasteiger partial charge in [0.25, 0.3) is 0 Å². The summed E-state index contributed by atoms with van der Waals surface area (Å²) in [5.41, 5.74) is 3.27. The van der Waals surface area contributed by atoms with Gasteiger partial charge in [-0.2, -0.15) is 5.10 Å². The molecule has 17 heavy (non-hydrogen) atoms. The van der Waals surface area contributed by atoms with Crippen LogP contribution in [0.3, 0.4) is 0 Å². The van der Waals surface area contributed by atoms with E-state index in [1.54, 1.807) is 12.4 Å². The van der Waals surface area contributed by atoms with E-state index in [2.05, 4.69) is 34.2 Å². The molecule has 0 saturated carbocycles. The predicted molar refractivity (Wildman–Crippen MR) is 66.7 cm³/mol. The third kappa shape index (κ3) is 2.81. The van der Waals surface area contributed by atoms with E-state index in [-0.39, 0.29) is 0 Å². The first-order valence-electron chi connectivity index (χ1n) is 5.68. The van der Waals surface area contributed by atoms with Crippen LogP contribution in [0.15, 0.2) is 24.9 Å². The minimum atomic E-state index is 0.431. The van der Waals surface area contributed by atoms with E-state index in [1.807, 2.05) is 17.9 Å². The van der Waals surface area contributed by atoms with Crippen LogP contribution in [-0.2, 0) is 13.6 Å². The van der Waals surface area contributed by atoms with Crippen LogP contribution in [0.25, 0.3) is 0 Å². The smallest absolute Gasteiger partial charge is 0.115 e. The molecule has 0 amide bonds. The van der Waals surface area contributed by atoms with Crippen molar-refractivity contribution in [2.75, 3.05) is 5.32 Å². The van der Waals surface area contributed by atoms with Crippen LogP contribution in [0.2, 0.25) is 0 Å². The highest BCUT2D eigenvalue weighted by molar-refractivity contribution is 5.38. The number of aryl methyl sites for hydroxylation is 1. The molecule has 1 N–H and O–H groups in total. The molecule has 0 saturated heterocycles. The molecule has 5 nitrogen and oxygen atoms in total. The highest BCUT2D eigenvalue weighted by atomic mass is 15.3. The van der Waals surface area contributed by atoms with E-state index < -0.39 is 0 Å². The van der Waals surface area contributed by atoms with Crippen molar-refractivity contribution >= 4 is 5.69 Å². The Labute approximate surface area is 101 Å². The molecular weight excluding hydrogens is 214 g/mol. The zero-order chi connectivity index (χ0) is 12.3. The molecule has 90 valence electrons. The Morgan fingerprint density at radius 3 is 2.65 bits per heavy atom. The first kappa shape index (κ1) is 11.6. The standard InChI is InChI=1S/C12H17N5/c1-9(2)12-10(7-17(3)16-12)4-15-11-5-13-8-14-6-11/h5-9,15H,4H2,1-3H3. The van der Waals surface area contributed by atoms with Gasteiger partial charge < -0.3 is 5.32 Å². The Hall–Kier alpha value is -1.91. The van der Waals surface area contributed by atoms with Crippen LogP contribution >= 0.6 is 0 Å². The summed E-state index contributed by atoms with van der Waals surface area (Å²) >= 11 is 0. The van der Waals surface area contributed by atoms with Crippen molar-refractivity contribution in [3.8, 4) is 0 Å². The number of rotatable bonds is 4. The average molecular weight is 231 g/mol. The normalized spacial score (nSPS) is 10.8. The number of hydrogen-bond donors (Lipinski definition) is 1. The van der Waals surface area contributed by atoms with Gasteiger partial charge in [-0.25, -0.2) is 9.97 Å². The number of anilines is 1. The molecule has 2 rings (SSSR count). The second-order valence-electron chi connectivity index (χ2n) is 4.35. The first-order valence-corrected chi connectivity index (χ1v) is 5.68. The molecule has 0 unspecified atom stereocenters. The SMILES string of the molecule is CC(C)c1nn(C)cc1CNc1cncnc1. The van der Waals surface area contributed by atoms with Crippen molar-refractivity contribution in [1.29, 1.82) is 0 Å². The van der Waals surface area contributed by atoms with E-state index in [1.165, 1.54) is 11.9 Å². The van der Waals surface area contributed by atoms with Crippen molar-refractivity contribution in [3.63, 3.8) is 0 Å². The Morgan fingerprint density at radius 1 is 1.29 bits per heavy atom. The van der Waals surface area contributed by atoms with Crippen LogP contribution in [-0.4, -0.2) is 19.7 Å². The molecule has 2 aromatic heterocycles. The second-order valence-corrected chi connectivity index (χ2v) is 4.35. The zero-order valence-corrected chi connectivity index (χ0v) is 10.4. The van der Waals surface area contributed by atoms with Crippen molar-refractivity contribution < 1.29 is 0 Å². The fourth-order valence-electron chi connectivity index (χ4n) is 1.76. The maximum atomic E-state index is 4.47. The molecule has 0 aliphatic heterocycles. The van der Waals surface area contributed by atoms with Gasteiger partial charge in [-0.1, -0.05) is 13.8 Å². The third-order valence-electron chi connectivity index (χ3n) is 2.53. The third-order valence-corrected chi connectivity index (χ3v) is 2.53. The molecule has 0 aliphatic rings. The fraction of sp³-hybridized carbons (Fsp3) is 0.417. The van der Waals surface area contributed by atoms with Crippen molar-refractivity contribution in [1.82, 2.24) is 19.7 Å². The summed E-state index contributed by atoms with van der Waals surface area (Å²) < 4.78 is 1.86. The van der Waals surface area contributed by atoms with Gasteiger partial charge in [-0.05, 0) is 5.92 Å².